The Hall–Kier alpha value is -2.38. The van der Waals surface area contributed by atoms with E-state index in [0.29, 0.717) is 18.6 Å². The van der Waals surface area contributed by atoms with Crippen molar-refractivity contribution >= 4 is 10.9 Å². The van der Waals surface area contributed by atoms with Gasteiger partial charge in [0.15, 0.2) is 5.82 Å². The molecule has 0 unspecified atom stereocenters. The Morgan fingerprint density at radius 2 is 2.00 bits per heavy atom. The van der Waals surface area contributed by atoms with Crippen LogP contribution < -0.4 is 4.74 Å². The molecule has 7 heteroatoms. The first-order chi connectivity index (χ1) is 15.2. The normalized spacial score (nSPS) is 18.1. The van der Waals surface area contributed by atoms with Crippen LogP contribution in [0.15, 0.2) is 28.9 Å². The molecule has 1 saturated carbocycles. The number of benzene rings is 1. The maximum Gasteiger partial charge on any atom is 0.229 e. The molecule has 0 amide bonds. The smallest absolute Gasteiger partial charge is 0.229 e. The maximum absolute atomic E-state index is 6.12. The molecule has 3 aromatic rings. The molecule has 0 atom stereocenters. The number of ether oxygens (including phenoxy) is 2. The molecule has 0 N–H and O–H groups in total. The number of rotatable bonds is 9. The van der Waals surface area contributed by atoms with Gasteiger partial charge in [-0.3, -0.25) is 4.90 Å². The third kappa shape index (κ3) is 4.62. The summed E-state index contributed by atoms with van der Waals surface area (Å²) in [5.74, 6) is 3.02. The highest BCUT2D eigenvalue weighted by molar-refractivity contribution is 5.85. The number of aromatic nitrogens is 3. The zero-order valence-electron chi connectivity index (χ0n) is 18.5. The minimum atomic E-state index is 0.322. The fraction of sp³-hybridized carbons (Fsp3) is 0.583. The second-order valence-corrected chi connectivity index (χ2v) is 8.74. The van der Waals surface area contributed by atoms with Crippen LogP contribution in [0.1, 0.15) is 55.8 Å². The molecule has 1 aliphatic heterocycles. The summed E-state index contributed by atoms with van der Waals surface area (Å²) in [6.07, 6.45) is 7.85. The summed E-state index contributed by atoms with van der Waals surface area (Å²) in [5, 5.41) is 5.38. The molecule has 1 saturated heterocycles. The highest BCUT2D eigenvalue weighted by Gasteiger charge is 2.29. The molecule has 2 aromatic heterocycles. The van der Waals surface area contributed by atoms with Crippen LogP contribution >= 0.6 is 0 Å². The summed E-state index contributed by atoms with van der Waals surface area (Å²) in [6.45, 7) is 6.91. The third-order valence-corrected chi connectivity index (χ3v) is 6.53. The number of hydrogen-bond donors (Lipinski definition) is 0. The lowest BCUT2D eigenvalue weighted by molar-refractivity contribution is 0.00683. The second kappa shape index (κ2) is 9.01. The van der Waals surface area contributed by atoms with Gasteiger partial charge in [0, 0.05) is 55.6 Å². The van der Waals surface area contributed by atoms with E-state index >= 15 is 0 Å². The Labute approximate surface area is 183 Å². The molecule has 3 heterocycles. The van der Waals surface area contributed by atoms with E-state index in [0.717, 1.165) is 62.9 Å². The highest BCUT2D eigenvalue weighted by atomic mass is 16.5. The molecule has 1 aliphatic carbocycles. The molecule has 0 bridgehead atoms. The van der Waals surface area contributed by atoms with E-state index in [2.05, 4.69) is 44.9 Å². The summed E-state index contributed by atoms with van der Waals surface area (Å²) in [5.41, 5.74) is 2.65. The van der Waals surface area contributed by atoms with Gasteiger partial charge in [-0.1, -0.05) is 5.16 Å². The average molecular weight is 425 g/mol. The van der Waals surface area contributed by atoms with E-state index in [-0.39, 0.29) is 0 Å². The Balaban J connectivity index is 1.12. The Morgan fingerprint density at radius 1 is 1.16 bits per heavy atom. The van der Waals surface area contributed by atoms with Crippen molar-refractivity contribution in [3.05, 3.63) is 41.7 Å². The zero-order chi connectivity index (χ0) is 21.2. The molecular formula is C24H32N4O3. The number of aryl methyl sites for hydroxylation is 1. The summed E-state index contributed by atoms with van der Waals surface area (Å²) in [7, 11) is 1.73. The molecule has 7 nitrogen and oxygen atoms in total. The fourth-order valence-corrected chi connectivity index (χ4v) is 4.52. The Bertz CT molecular complexity index is 1020. The molecule has 0 spiro atoms. The number of piperidine rings is 1. The van der Waals surface area contributed by atoms with Gasteiger partial charge in [-0.25, -0.2) is 0 Å². The summed E-state index contributed by atoms with van der Waals surface area (Å²) < 4.78 is 19.2. The van der Waals surface area contributed by atoms with Crippen molar-refractivity contribution in [1.29, 1.82) is 0 Å². The monoisotopic (exact) mass is 424 g/mol. The summed E-state index contributed by atoms with van der Waals surface area (Å²) >= 11 is 0. The molecule has 2 fully saturated rings. The van der Waals surface area contributed by atoms with Crippen molar-refractivity contribution in [3.8, 4) is 5.75 Å². The van der Waals surface area contributed by atoms with Crippen LogP contribution in [0.3, 0.4) is 0 Å². The van der Waals surface area contributed by atoms with Crippen LogP contribution in [-0.4, -0.2) is 52.5 Å². The molecule has 2 aliphatic rings. The molecule has 31 heavy (non-hydrogen) atoms. The van der Waals surface area contributed by atoms with Gasteiger partial charge < -0.3 is 18.6 Å². The lowest BCUT2D eigenvalue weighted by atomic mass is 10.1. The van der Waals surface area contributed by atoms with Crippen molar-refractivity contribution < 1.29 is 14.0 Å². The van der Waals surface area contributed by atoms with Gasteiger partial charge >= 0.3 is 0 Å². The topological polar surface area (TPSA) is 65.5 Å². The van der Waals surface area contributed by atoms with Crippen LogP contribution in [-0.2, 0) is 24.2 Å². The zero-order valence-corrected chi connectivity index (χ0v) is 18.5. The van der Waals surface area contributed by atoms with Gasteiger partial charge in [-0.15, -0.1) is 0 Å². The van der Waals surface area contributed by atoms with Crippen LogP contribution in [0.5, 0.6) is 5.75 Å². The predicted molar refractivity (Wildman–Crippen MR) is 118 cm³/mol. The van der Waals surface area contributed by atoms with Gasteiger partial charge in [0.25, 0.3) is 0 Å². The molecule has 166 valence electrons. The van der Waals surface area contributed by atoms with Gasteiger partial charge in [-0.05, 0) is 56.4 Å². The van der Waals surface area contributed by atoms with E-state index < -0.39 is 0 Å². The van der Waals surface area contributed by atoms with Crippen molar-refractivity contribution in [2.75, 3.05) is 26.8 Å². The minimum Gasteiger partial charge on any atom is -0.497 e. The van der Waals surface area contributed by atoms with Gasteiger partial charge in [0.05, 0.1) is 19.8 Å². The average Bonchev–Trinajstić information content (AvgIpc) is 3.45. The fourth-order valence-electron chi connectivity index (χ4n) is 4.52. The van der Waals surface area contributed by atoms with Crippen molar-refractivity contribution in [1.82, 2.24) is 19.6 Å². The van der Waals surface area contributed by atoms with Crippen LogP contribution in [0.2, 0.25) is 0 Å². The number of nitrogens with zero attached hydrogens (tertiary/aromatic N) is 4. The van der Waals surface area contributed by atoms with Gasteiger partial charge in [0.2, 0.25) is 5.89 Å². The van der Waals surface area contributed by atoms with Gasteiger partial charge in [0.1, 0.15) is 5.75 Å². The van der Waals surface area contributed by atoms with Crippen molar-refractivity contribution in [3.63, 3.8) is 0 Å². The van der Waals surface area contributed by atoms with E-state index in [1.165, 1.54) is 29.3 Å². The summed E-state index contributed by atoms with van der Waals surface area (Å²) in [6, 6.07) is 6.38. The first kappa shape index (κ1) is 20.5. The standard InChI is InChI=1S/C24H32N4O3/c1-3-28-16-18(21-14-20(29-2)6-7-22(21)28)15-27-11-8-19(9-12-27)30-13-10-23-25-24(31-26-23)17-4-5-17/h6-7,14,16-17,19H,3-5,8-13,15H2,1-2H3. The van der Waals surface area contributed by atoms with Crippen molar-refractivity contribution in [2.24, 2.45) is 0 Å². The molecule has 5 rings (SSSR count). The van der Waals surface area contributed by atoms with E-state index in [9.17, 15) is 0 Å². The Kier molecular flexibility index (Phi) is 5.96. The predicted octanol–water partition coefficient (Wildman–Crippen LogP) is 4.15. The lowest BCUT2D eigenvalue weighted by Crippen LogP contribution is -2.36. The van der Waals surface area contributed by atoms with Gasteiger partial charge in [-0.2, -0.15) is 4.98 Å². The number of hydrogen-bond acceptors (Lipinski definition) is 6. The summed E-state index contributed by atoms with van der Waals surface area (Å²) in [4.78, 5) is 7.02. The maximum atomic E-state index is 6.12. The van der Waals surface area contributed by atoms with E-state index in [4.69, 9.17) is 14.0 Å². The second-order valence-electron chi connectivity index (χ2n) is 8.74. The van der Waals surface area contributed by atoms with E-state index in [1.807, 2.05) is 6.07 Å². The Morgan fingerprint density at radius 3 is 2.74 bits per heavy atom. The first-order valence-corrected chi connectivity index (χ1v) is 11.6. The van der Waals surface area contributed by atoms with E-state index in [1.54, 1.807) is 7.11 Å². The number of likely N-dealkylation sites (tertiary alicyclic amines) is 1. The largest absolute Gasteiger partial charge is 0.497 e. The first-order valence-electron chi connectivity index (χ1n) is 11.6. The van der Waals surface area contributed by atoms with Crippen LogP contribution in [0, 0.1) is 0 Å². The molecule has 0 radical (unpaired) electrons. The highest BCUT2D eigenvalue weighted by Crippen LogP contribution is 2.38. The lowest BCUT2D eigenvalue weighted by Gasteiger charge is -2.31. The molecular weight excluding hydrogens is 392 g/mol. The van der Waals surface area contributed by atoms with Crippen LogP contribution in [0.25, 0.3) is 10.9 Å². The SMILES string of the molecule is CCn1cc(CN2CCC(OCCc3noc(C4CC4)n3)CC2)c2cc(OC)ccc21. The minimum absolute atomic E-state index is 0.322. The quantitative estimate of drug-likeness (QED) is 0.514. The number of fused-ring (bicyclic) bond motifs is 1. The van der Waals surface area contributed by atoms with Crippen LogP contribution in [0.4, 0.5) is 0 Å². The van der Waals surface area contributed by atoms with Crippen molar-refractivity contribution in [2.45, 2.75) is 64.1 Å². The third-order valence-electron chi connectivity index (χ3n) is 6.53. The molecule has 1 aromatic carbocycles. The number of methoxy groups -OCH3 is 1.